The fourth-order valence-electron chi connectivity index (χ4n) is 6.92. The van der Waals surface area contributed by atoms with Crippen LogP contribution in [0, 0.1) is 11.3 Å². The van der Waals surface area contributed by atoms with E-state index < -0.39 is 39.5 Å². The normalized spacial score (nSPS) is 16.3. The largest absolute Gasteiger partial charge is 0.411 e. The number of carbonyl (C=O) groups is 2. The number of sulfonamides is 1. The van der Waals surface area contributed by atoms with Gasteiger partial charge in [-0.2, -0.15) is 4.31 Å². The highest BCUT2D eigenvalue weighted by Crippen LogP contribution is 2.26. The van der Waals surface area contributed by atoms with Gasteiger partial charge in [-0.25, -0.2) is 18.2 Å². The second kappa shape index (κ2) is 17.1. The van der Waals surface area contributed by atoms with Crippen molar-refractivity contribution in [1.82, 2.24) is 29.0 Å². The highest BCUT2D eigenvalue weighted by atomic mass is 32.2. The standard InChI is InChI=1S/C40H53N7O6S/c1-7-28(2)37(47-22-21-45(39(47)50)26-36-42-32-15-11-12-16-34(32)44(36)6)38(49)43-33(23-29-13-9-8-10-14-29)35(48)25-46(27-40(3,4)5)54(52,53)31-19-17-30(18-20-31)24-41-51/h8-20,24,28,33,35,37,48,51H,7,21-23,25-27H2,1-6H3,(H,43,49)/t28-,33+,35?,37-/m0/s1. The fourth-order valence-corrected chi connectivity index (χ4v) is 8.60. The first kappa shape index (κ1) is 40.4. The number of hydrogen-bond acceptors (Lipinski definition) is 8. The first-order valence-electron chi connectivity index (χ1n) is 18.4. The Kier molecular flexibility index (Phi) is 12.8. The number of aliphatic hydroxyl groups excluding tert-OH is 1. The zero-order valence-corrected chi connectivity index (χ0v) is 32.8. The number of benzene rings is 3. The van der Waals surface area contributed by atoms with Crippen LogP contribution < -0.4 is 5.32 Å². The molecule has 0 saturated carbocycles. The monoisotopic (exact) mass is 759 g/mol. The lowest BCUT2D eigenvalue weighted by Crippen LogP contribution is -2.57. The Morgan fingerprint density at radius 1 is 1.04 bits per heavy atom. The molecule has 4 atom stereocenters. The third-order valence-electron chi connectivity index (χ3n) is 9.98. The Morgan fingerprint density at radius 2 is 1.70 bits per heavy atom. The van der Waals surface area contributed by atoms with Gasteiger partial charge in [0.15, 0.2) is 0 Å². The van der Waals surface area contributed by atoms with Crippen molar-refractivity contribution < 1.29 is 28.3 Å². The summed E-state index contributed by atoms with van der Waals surface area (Å²) in [5.41, 5.74) is 2.71. The van der Waals surface area contributed by atoms with Gasteiger partial charge >= 0.3 is 6.03 Å². The van der Waals surface area contributed by atoms with Crippen molar-refractivity contribution in [3.05, 3.63) is 95.8 Å². The molecule has 54 heavy (non-hydrogen) atoms. The topological polar surface area (TPSA) is 161 Å². The number of rotatable bonds is 16. The van der Waals surface area contributed by atoms with E-state index in [0.717, 1.165) is 22.4 Å². The van der Waals surface area contributed by atoms with Gasteiger partial charge in [0.1, 0.15) is 11.9 Å². The van der Waals surface area contributed by atoms with E-state index in [1.807, 2.05) is 101 Å². The number of amides is 3. The molecule has 1 saturated heterocycles. The van der Waals surface area contributed by atoms with Gasteiger partial charge in [0.05, 0.1) is 40.8 Å². The average molecular weight is 760 g/mol. The molecule has 1 fully saturated rings. The van der Waals surface area contributed by atoms with Crippen molar-refractivity contribution in [2.45, 2.75) is 77.1 Å². The molecule has 0 bridgehead atoms. The predicted octanol–water partition coefficient (Wildman–Crippen LogP) is 4.86. The van der Waals surface area contributed by atoms with Crippen LogP contribution in [0.1, 0.15) is 58.0 Å². The molecule has 3 amide bonds. The van der Waals surface area contributed by atoms with Crippen molar-refractivity contribution in [2.24, 2.45) is 23.5 Å². The minimum Gasteiger partial charge on any atom is -0.411 e. The highest BCUT2D eigenvalue weighted by molar-refractivity contribution is 7.89. The molecule has 1 aliphatic heterocycles. The third-order valence-corrected chi connectivity index (χ3v) is 11.8. The van der Waals surface area contributed by atoms with Gasteiger partial charge in [0, 0.05) is 33.2 Å². The van der Waals surface area contributed by atoms with E-state index in [-0.39, 0.29) is 36.4 Å². The number of fused-ring (bicyclic) bond motifs is 1. The molecule has 14 heteroatoms. The maximum absolute atomic E-state index is 14.4. The van der Waals surface area contributed by atoms with E-state index in [2.05, 4.69) is 10.5 Å². The summed E-state index contributed by atoms with van der Waals surface area (Å²) in [5.74, 6) is 0.121. The summed E-state index contributed by atoms with van der Waals surface area (Å²) in [5, 5.41) is 26.9. The molecule has 13 nitrogen and oxygen atoms in total. The second-order valence-corrected chi connectivity index (χ2v) is 17.3. The van der Waals surface area contributed by atoms with Crippen molar-refractivity contribution in [2.75, 3.05) is 26.2 Å². The van der Waals surface area contributed by atoms with Crippen LogP contribution in [0.25, 0.3) is 11.0 Å². The highest BCUT2D eigenvalue weighted by Gasteiger charge is 2.41. The number of aromatic nitrogens is 2. The van der Waals surface area contributed by atoms with Gasteiger partial charge < -0.3 is 30.0 Å². The van der Waals surface area contributed by atoms with E-state index in [1.54, 1.807) is 9.80 Å². The van der Waals surface area contributed by atoms with Crippen molar-refractivity contribution in [1.29, 1.82) is 0 Å². The van der Waals surface area contributed by atoms with Gasteiger partial charge in [0.2, 0.25) is 15.9 Å². The lowest BCUT2D eigenvalue weighted by Gasteiger charge is -2.35. The van der Waals surface area contributed by atoms with Crippen LogP contribution in [0.15, 0.2) is 88.9 Å². The Hall–Kier alpha value is -4.79. The second-order valence-electron chi connectivity index (χ2n) is 15.3. The lowest BCUT2D eigenvalue weighted by atomic mass is 9.94. The Morgan fingerprint density at radius 3 is 2.33 bits per heavy atom. The first-order chi connectivity index (χ1) is 25.6. The van der Waals surface area contributed by atoms with E-state index in [9.17, 15) is 23.1 Å². The number of aliphatic hydroxyl groups is 1. The summed E-state index contributed by atoms with van der Waals surface area (Å²) in [6.07, 6.45) is 0.741. The third kappa shape index (κ3) is 9.46. The smallest absolute Gasteiger partial charge is 0.321 e. The molecule has 0 aliphatic carbocycles. The SMILES string of the molecule is CC[C@H](C)[C@@H](C(=O)N[C@H](Cc1ccccc1)C(O)CN(CC(C)(C)C)S(=O)(=O)c1ccc(C=NO)cc1)N1CCN(Cc2nc3ccccc3n2C)C1=O. The number of aryl methyl sites for hydroxylation is 1. The van der Waals surface area contributed by atoms with Crippen molar-refractivity contribution in [3.63, 3.8) is 0 Å². The Bertz CT molecular complexity index is 2030. The number of urea groups is 1. The van der Waals surface area contributed by atoms with Crippen LogP contribution in [0.2, 0.25) is 0 Å². The summed E-state index contributed by atoms with van der Waals surface area (Å²) in [7, 11) is -2.18. The van der Waals surface area contributed by atoms with Crippen LogP contribution in [0.4, 0.5) is 4.79 Å². The number of imidazole rings is 1. The van der Waals surface area contributed by atoms with E-state index in [1.165, 1.54) is 34.8 Å². The van der Waals surface area contributed by atoms with Gasteiger partial charge in [-0.1, -0.05) is 101 Å². The van der Waals surface area contributed by atoms with Crippen LogP contribution in [0.5, 0.6) is 0 Å². The van der Waals surface area contributed by atoms with Crippen molar-refractivity contribution in [3.8, 4) is 0 Å². The molecule has 5 rings (SSSR count). The maximum atomic E-state index is 14.4. The molecule has 3 aromatic carbocycles. The summed E-state index contributed by atoms with van der Waals surface area (Å²) < 4.78 is 31.4. The summed E-state index contributed by atoms with van der Waals surface area (Å²) in [4.78, 5) is 36.5. The number of oxime groups is 1. The van der Waals surface area contributed by atoms with Crippen LogP contribution >= 0.6 is 0 Å². The maximum Gasteiger partial charge on any atom is 0.321 e. The molecule has 2 heterocycles. The molecule has 1 unspecified atom stereocenters. The number of para-hydroxylation sites is 2. The average Bonchev–Trinajstić information content (AvgIpc) is 3.65. The van der Waals surface area contributed by atoms with Gasteiger partial charge in [-0.05, 0) is 53.1 Å². The molecule has 4 aromatic rings. The first-order valence-corrected chi connectivity index (χ1v) is 19.8. The van der Waals surface area contributed by atoms with Gasteiger partial charge in [-0.15, -0.1) is 0 Å². The Labute approximate surface area is 318 Å². The summed E-state index contributed by atoms with van der Waals surface area (Å²) in [6.45, 7) is 10.5. The lowest BCUT2D eigenvalue weighted by molar-refractivity contribution is -0.128. The fraction of sp³-hybridized carbons (Fsp3) is 0.450. The predicted molar refractivity (Wildman–Crippen MR) is 209 cm³/mol. The number of carbonyl (C=O) groups excluding carboxylic acids is 2. The molecular formula is C40H53N7O6S. The molecule has 3 N–H and O–H groups in total. The molecule has 0 spiro atoms. The van der Waals surface area contributed by atoms with Crippen LogP contribution in [-0.2, 0) is 34.8 Å². The number of nitrogens with zero attached hydrogens (tertiary/aromatic N) is 6. The zero-order valence-electron chi connectivity index (χ0n) is 32.0. The van der Waals surface area contributed by atoms with Crippen LogP contribution in [-0.4, -0.2) is 105 Å². The van der Waals surface area contributed by atoms with E-state index in [0.29, 0.717) is 31.6 Å². The quantitative estimate of drug-likeness (QED) is 0.0836. The molecule has 290 valence electrons. The molecule has 1 aromatic heterocycles. The van der Waals surface area contributed by atoms with Crippen LogP contribution in [0.3, 0.4) is 0 Å². The minimum absolute atomic E-state index is 0.0188. The van der Waals surface area contributed by atoms with Crippen molar-refractivity contribution >= 4 is 39.2 Å². The Balaban J connectivity index is 1.40. The van der Waals surface area contributed by atoms with Gasteiger partial charge in [-0.3, -0.25) is 4.79 Å². The minimum atomic E-state index is -4.11. The van der Waals surface area contributed by atoms with Gasteiger partial charge in [0.25, 0.3) is 0 Å². The molecular weight excluding hydrogens is 707 g/mol. The van der Waals surface area contributed by atoms with E-state index in [4.69, 9.17) is 10.2 Å². The number of hydrogen-bond donors (Lipinski definition) is 3. The molecule has 0 radical (unpaired) electrons. The van der Waals surface area contributed by atoms with E-state index >= 15 is 0 Å². The summed E-state index contributed by atoms with van der Waals surface area (Å²) in [6, 6.07) is 21.1. The number of nitrogens with one attached hydrogen (secondary N) is 1. The summed E-state index contributed by atoms with van der Waals surface area (Å²) >= 11 is 0. The molecule has 1 aliphatic rings. The zero-order chi connectivity index (χ0) is 39.2.